The molecule has 134 valence electrons. The highest BCUT2D eigenvalue weighted by atomic mass is 16.6. The lowest BCUT2D eigenvalue weighted by molar-refractivity contribution is 0.00784. The van der Waals surface area contributed by atoms with Crippen LogP contribution in [0.15, 0.2) is 0 Å². The third kappa shape index (κ3) is 5.66. The topological polar surface area (TPSA) is 41.6 Å². The van der Waals surface area contributed by atoms with E-state index in [1.54, 1.807) is 0 Å². The predicted octanol–water partition coefficient (Wildman–Crippen LogP) is 4.33. The van der Waals surface area contributed by atoms with Gasteiger partial charge in [-0.2, -0.15) is 0 Å². The second-order valence-electron chi connectivity index (χ2n) is 8.69. The van der Waals surface area contributed by atoms with Gasteiger partial charge in [0.2, 0.25) is 0 Å². The molecule has 2 aliphatic rings. The van der Waals surface area contributed by atoms with E-state index in [2.05, 4.69) is 19.2 Å². The molecule has 1 amide bonds. The monoisotopic (exact) mass is 324 g/mol. The molecule has 1 saturated heterocycles. The smallest absolute Gasteiger partial charge is 0.410 e. The fourth-order valence-corrected chi connectivity index (χ4v) is 3.52. The van der Waals surface area contributed by atoms with Gasteiger partial charge in [0.15, 0.2) is 0 Å². The molecule has 0 bridgehead atoms. The molecule has 0 spiro atoms. The van der Waals surface area contributed by atoms with Crippen molar-refractivity contribution in [1.82, 2.24) is 10.2 Å². The number of carbonyl (C=O) groups is 1. The van der Waals surface area contributed by atoms with Crippen LogP contribution in [-0.4, -0.2) is 41.8 Å². The molecule has 0 aromatic carbocycles. The zero-order valence-electron chi connectivity index (χ0n) is 15.8. The number of amides is 1. The van der Waals surface area contributed by atoms with Crippen molar-refractivity contribution in [2.24, 2.45) is 5.41 Å². The van der Waals surface area contributed by atoms with Crippen LogP contribution >= 0.6 is 0 Å². The van der Waals surface area contributed by atoms with E-state index >= 15 is 0 Å². The third-order valence-corrected chi connectivity index (χ3v) is 5.41. The number of piperidine rings is 1. The number of hydrogen-bond donors (Lipinski definition) is 1. The lowest BCUT2D eigenvalue weighted by atomic mass is 9.96. The van der Waals surface area contributed by atoms with E-state index in [9.17, 15) is 4.79 Å². The lowest BCUT2D eigenvalue weighted by Gasteiger charge is -2.38. The molecule has 2 rings (SSSR count). The molecule has 1 aliphatic carbocycles. The standard InChI is InChI=1S/C19H36N2O2/c1-6-19(10-11-19)14-20-15(2)13-16-9-7-8-12-21(16)17(22)23-18(3,4)5/h15-16,20H,6-14H2,1-5H3. The molecule has 1 aliphatic heterocycles. The summed E-state index contributed by atoms with van der Waals surface area (Å²) in [6.07, 6.45) is 8.32. The van der Waals surface area contributed by atoms with E-state index in [4.69, 9.17) is 4.74 Å². The molecule has 0 radical (unpaired) electrons. The summed E-state index contributed by atoms with van der Waals surface area (Å²) in [5, 5.41) is 3.71. The Morgan fingerprint density at radius 3 is 2.61 bits per heavy atom. The Labute approximate surface area is 142 Å². The highest BCUT2D eigenvalue weighted by Gasteiger charge is 2.40. The molecule has 1 saturated carbocycles. The van der Waals surface area contributed by atoms with Crippen LogP contribution in [0.3, 0.4) is 0 Å². The predicted molar refractivity (Wildman–Crippen MR) is 94.6 cm³/mol. The van der Waals surface area contributed by atoms with Gasteiger partial charge in [-0.25, -0.2) is 4.79 Å². The van der Waals surface area contributed by atoms with Crippen molar-refractivity contribution in [2.45, 2.75) is 97.2 Å². The number of hydrogen-bond acceptors (Lipinski definition) is 3. The van der Waals surface area contributed by atoms with Crippen molar-refractivity contribution in [2.75, 3.05) is 13.1 Å². The van der Waals surface area contributed by atoms with Gasteiger partial charge in [0.1, 0.15) is 5.60 Å². The Bertz CT molecular complexity index is 399. The molecule has 0 aromatic heterocycles. The minimum Gasteiger partial charge on any atom is -0.444 e. The summed E-state index contributed by atoms with van der Waals surface area (Å²) in [4.78, 5) is 14.4. The Kier molecular flexibility index (Phi) is 5.99. The minimum atomic E-state index is -0.414. The van der Waals surface area contributed by atoms with E-state index in [0.29, 0.717) is 17.5 Å². The van der Waals surface area contributed by atoms with Crippen LogP contribution in [0.25, 0.3) is 0 Å². The third-order valence-electron chi connectivity index (χ3n) is 5.41. The van der Waals surface area contributed by atoms with E-state index < -0.39 is 5.60 Å². The molecule has 2 unspecified atom stereocenters. The molecule has 23 heavy (non-hydrogen) atoms. The van der Waals surface area contributed by atoms with E-state index in [1.165, 1.54) is 25.7 Å². The van der Waals surface area contributed by atoms with Gasteiger partial charge < -0.3 is 15.0 Å². The number of ether oxygens (including phenoxy) is 1. The summed E-state index contributed by atoms with van der Waals surface area (Å²) in [5.41, 5.74) is 0.161. The van der Waals surface area contributed by atoms with Gasteiger partial charge in [-0.15, -0.1) is 0 Å². The summed E-state index contributed by atoms with van der Waals surface area (Å²) in [6.45, 7) is 12.3. The van der Waals surface area contributed by atoms with Crippen molar-refractivity contribution in [1.29, 1.82) is 0 Å². The van der Waals surface area contributed by atoms with Gasteiger partial charge >= 0.3 is 6.09 Å². The molecule has 0 aromatic rings. The largest absolute Gasteiger partial charge is 0.444 e. The first kappa shape index (κ1) is 18.6. The fourth-order valence-electron chi connectivity index (χ4n) is 3.52. The maximum atomic E-state index is 12.5. The van der Waals surface area contributed by atoms with E-state index in [-0.39, 0.29) is 6.09 Å². The van der Waals surface area contributed by atoms with Crippen LogP contribution in [0, 0.1) is 5.41 Å². The zero-order valence-corrected chi connectivity index (χ0v) is 15.8. The second-order valence-corrected chi connectivity index (χ2v) is 8.69. The molecule has 2 atom stereocenters. The van der Waals surface area contributed by atoms with Crippen molar-refractivity contribution < 1.29 is 9.53 Å². The molecular formula is C19H36N2O2. The normalized spacial score (nSPS) is 25.1. The first-order chi connectivity index (χ1) is 10.7. The Morgan fingerprint density at radius 2 is 2.04 bits per heavy atom. The average Bonchev–Trinajstić information content (AvgIpc) is 3.24. The molecule has 4 heteroatoms. The SMILES string of the molecule is CCC1(CNC(C)CC2CCCCN2C(=O)OC(C)(C)C)CC1. The van der Waals surface area contributed by atoms with Crippen molar-refractivity contribution in [3.8, 4) is 0 Å². The molecule has 2 fully saturated rings. The first-order valence-electron chi connectivity index (χ1n) is 9.48. The van der Waals surface area contributed by atoms with Gasteiger partial charge in [-0.1, -0.05) is 6.92 Å². The number of nitrogens with zero attached hydrogens (tertiary/aromatic N) is 1. The van der Waals surface area contributed by atoms with Gasteiger partial charge in [0, 0.05) is 25.2 Å². The van der Waals surface area contributed by atoms with Crippen LogP contribution in [0.5, 0.6) is 0 Å². The summed E-state index contributed by atoms with van der Waals surface area (Å²) < 4.78 is 5.60. The number of nitrogens with one attached hydrogen (secondary N) is 1. The van der Waals surface area contributed by atoms with Gasteiger partial charge in [-0.05, 0) is 78.1 Å². The van der Waals surface area contributed by atoms with Crippen molar-refractivity contribution in [3.05, 3.63) is 0 Å². The lowest BCUT2D eigenvalue weighted by Crippen LogP contribution is -2.48. The maximum absolute atomic E-state index is 12.5. The number of carbonyl (C=O) groups excluding carboxylic acids is 1. The van der Waals surface area contributed by atoms with Crippen LogP contribution < -0.4 is 5.32 Å². The van der Waals surface area contributed by atoms with Gasteiger partial charge in [0.25, 0.3) is 0 Å². The van der Waals surface area contributed by atoms with Crippen LogP contribution in [0.1, 0.15) is 79.6 Å². The highest BCUT2D eigenvalue weighted by Crippen LogP contribution is 2.47. The minimum absolute atomic E-state index is 0.137. The quantitative estimate of drug-likeness (QED) is 0.790. The Morgan fingerprint density at radius 1 is 1.35 bits per heavy atom. The Hall–Kier alpha value is -0.770. The fraction of sp³-hybridized carbons (Fsp3) is 0.947. The maximum Gasteiger partial charge on any atom is 0.410 e. The van der Waals surface area contributed by atoms with Crippen LogP contribution in [0.2, 0.25) is 0 Å². The number of likely N-dealkylation sites (tertiary alicyclic amines) is 1. The molecular weight excluding hydrogens is 288 g/mol. The van der Waals surface area contributed by atoms with Crippen molar-refractivity contribution >= 4 is 6.09 Å². The van der Waals surface area contributed by atoms with Gasteiger partial charge in [-0.3, -0.25) is 0 Å². The van der Waals surface area contributed by atoms with Crippen molar-refractivity contribution in [3.63, 3.8) is 0 Å². The Balaban J connectivity index is 1.84. The summed E-state index contributed by atoms with van der Waals surface area (Å²) in [7, 11) is 0. The summed E-state index contributed by atoms with van der Waals surface area (Å²) >= 11 is 0. The highest BCUT2D eigenvalue weighted by molar-refractivity contribution is 5.68. The van der Waals surface area contributed by atoms with Crippen LogP contribution in [-0.2, 0) is 4.74 Å². The van der Waals surface area contributed by atoms with Crippen LogP contribution in [0.4, 0.5) is 4.79 Å². The molecule has 1 N–H and O–H groups in total. The van der Waals surface area contributed by atoms with E-state index in [1.807, 2.05) is 25.7 Å². The zero-order chi connectivity index (χ0) is 17.1. The second kappa shape index (κ2) is 7.42. The molecule has 1 heterocycles. The van der Waals surface area contributed by atoms with Gasteiger partial charge in [0.05, 0.1) is 0 Å². The number of rotatable bonds is 6. The average molecular weight is 325 g/mol. The summed E-state index contributed by atoms with van der Waals surface area (Å²) in [5.74, 6) is 0. The summed E-state index contributed by atoms with van der Waals surface area (Å²) in [6, 6.07) is 0.768. The van der Waals surface area contributed by atoms with E-state index in [0.717, 1.165) is 32.4 Å². The first-order valence-corrected chi connectivity index (χ1v) is 9.48. The molecule has 4 nitrogen and oxygen atoms in total.